The Labute approximate surface area is 297 Å². The Morgan fingerprint density at radius 3 is 2.33 bits per heavy atom. The van der Waals surface area contributed by atoms with Crippen LogP contribution in [-0.2, 0) is 30.3 Å². The van der Waals surface area contributed by atoms with Crippen molar-refractivity contribution in [2.75, 3.05) is 51.6 Å². The largest absolute Gasteiger partial charge is 0.453 e. The summed E-state index contributed by atoms with van der Waals surface area (Å²) in [5, 5.41) is 3.34. The van der Waals surface area contributed by atoms with Crippen LogP contribution in [-0.4, -0.2) is 68.5 Å². The highest BCUT2D eigenvalue weighted by molar-refractivity contribution is 7.22. The van der Waals surface area contributed by atoms with E-state index in [0.29, 0.717) is 62.1 Å². The molecule has 266 valence electrons. The number of aromatic nitrogens is 2. The third kappa shape index (κ3) is 8.55. The molecule has 1 saturated carbocycles. The number of ether oxygens (including phenoxy) is 4. The van der Waals surface area contributed by atoms with Gasteiger partial charge in [-0.15, -0.1) is 11.3 Å². The van der Waals surface area contributed by atoms with Crippen LogP contribution >= 0.6 is 11.3 Å². The second-order valence-electron chi connectivity index (χ2n) is 11.9. The van der Waals surface area contributed by atoms with Crippen LogP contribution in [0.15, 0.2) is 79.1 Å². The highest BCUT2D eigenvalue weighted by atomic mass is 32.1. The van der Waals surface area contributed by atoms with Crippen LogP contribution in [0.3, 0.4) is 0 Å². The summed E-state index contributed by atoms with van der Waals surface area (Å²) in [5.41, 5.74) is 7.03. The molecule has 14 heteroatoms. The van der Waals surface area contributed by atoms with Gasteiger partial charge in [0.25, 0.3) is 0 Å². The van der Waals surface area contributed by atoms with Gasteiger partial charge in [0.15, 0.2) is 11.6 Å². The lowest BCUT2D eigenvalue weighted by Crippen LogP contribution is -2.41. The zero-order valence-corrected chi connectivity index (χ0v) is 28.7. The van der Waals surface area contributed by atoms with Crippen LogP contribution in [0, 0.1) is 17.0 Å². The number of amides is 2. The zero-order valence-electron chi connectivity index (χ0n) is 27.9. The Hall–Kier alpha value is -4.86. The van der Waals surface area contributed by atoms with Crippen molar-refractivity contribution in [3.05, 3.63) is 96.3 Å². The van der Waals surface area contributed by atoms with E-state index in [0.717, 1.165) is 22.2 Å². The molecule has 1 aliphatic carbocycles. The van der Waals surface area contributed by atoms with E-state index in [1.807, 2.05) is 24.4 Å². The highest BCUT2D eigenvalue weighted by Crippen LogP contribution is 2.49. The number of anilines is 2. The van der Waals surface area contributed by atoms with E-state index in [9.17, 15) is 14.0 Å². The number of methoxy groups -OCH3 is 1. The van der Waals surface area contributed by atoms with Gasteiger partial charge in [-0.1, -0.05) is 6.07 Å². The second-order valence-corrected chi connectivity index (χ2v) is 12.9. The van der Waals surface area contributed by atoms with Gasteiger partial charge >= 0.3 is 0 Å². The van der Waals surface area contributed by atoms with E-state index in [1.165, 1.54) is 52.6 Å². The number of benzene rings is 2. The van der Waals surface area contributed by atoms with Gasteiger partial charge in [0.2, 0.25) is 11.8 Å². The SMILES string of the molecule is COCCOCCOCCNCc1ccc(-c2cc3nccc(Oc4ccc(N(C(=O)C5(C(N)=O)CC5)c5ccc(F)cc5)cc4F)c3s2)nc1. The van der Waals surface area contributed by atoms with Crippen molar-refractivity contribution in [1.29, 1.82) is 0 Å². The summed E-state index contributed by atoms with van der Waals surface area (Å²) in [5.74, 6) is -2.30. The predicted octanol–water partition coefficient (Wildman–Crippen LogP) is 6.13. The van der Waals surface area contributed by atoms with Crippen molar-refractivity contribution in [2.24, 2.45) is 11.1 Å². The molecule has 6 rings (SSSR count). The van der Waals surface area contributed by atoms with E-state index < -0.39 is 28.9 Å². The lowest BCUT2D eigenvalue weighted by molar-refractivity contribution is -0.133. The molecule has 0 radical (unpaired) electrons. The lowest BCUT2D eigenvalue weighted by atomic mass is 10.0. The molecule has 0 unspecified atom stereocenters. The molecule has 3 heterocycles. The average molecular weight is 718 g/mol. The number of thiophene rings is 1. The zero-order chi connectivity index (χ0) is 35.8. The molecule has 5 aromatic rings. The first-order valence-electron chi connectivity index (χ1n) is 16.4. The van der Waals surface area contributed by atoms with Gasteiger partial charge in [0, 0.05) is 50.4 Å². The Balaban J connectivity index is 1.11. The van der Waals surface area contributed by atoms with Crippen LogP contribution in [0.4, 0.5) is 20.2 Å². The fourth-order valence-corrected chi connectivity index (χ4v) is 6.39. The molecule has 2 amide bonds. The van der Waals surface area contributed by atoms with Gasteiger partial charge in [-0.05, 0) is 66.9 Å². The van der Waals surface area contributed by atoms with Crippen molar-refractivity contribution < 1.29 is 37.3 Å². The van der Waals surface area contributed by atoms with E-state index >= 15 is 4.39 Å². The van der Waals surface area contributed by atoms with E-state index in [2.05, 4.69) is 15.3 Å². The third-order valence-electron chi connectivity index (χ3n) is 8.32. The van der Waals surface area contributed by atoms with E-state index in [1.54, 1.807) is 19.4 Å². The number of pyridine rings is 2. The minimum absolute atomic E-state index is 0.0838. The third-order valence-corrected chi connectivity index (χ3v) is 9.48. The maximum absolute atomic E-state index is 15.7. The Kier molecular flexibility index (Phi) is 11.6. The monoisotopic (exact) mass is 717 g/mol. The molecule has 3 aromatic heterocycles. The number of hydrogen-bond acceptors (Lipinski definition) is 10. The molecular weight excluding hydrogens is 680 g/mol. The van der Waals surface area contributed by atoms with Crippen molar-refractivity contribution in [3.8, 4) is 22.1 Å². The van der Waals surface area contributed by atoms with E-state index in [-0.39, 0.29) is 30.0 Å². The smallest absolute Gasteiger partial charge is 0.247 e. The second kappa shape index (κ2) is 16.4. The van der Waals surface area contributed by atoms with Crippen LogP contribution in [0.25, 0.3) is 20.8 Å². The molecular formula is C37H37F2N5O6S. The minimum atomic E-state index is -1.39. The number of hydrogen-bond donors (Lipinski definition) is 2. The molecule has 11 nitrogen and oxygen atoms in total. The first-order chi connectivity index (χ1) is 24.8. The molecule has 1 aliphatic rings. The summed E-state index contributed by atoms with van der Waals surface area (Å²) in [4.78, 5) is 36.9. The summed E-state index contributed by atoms with van der Waals surface area (Å²) >= 11 is 1.42. The maximum Gasteiger partial charge on any atom is 0.247 e. The van der Waals surface area contributed by atoms with Gasteiger partial charge in [-0.2, -0.15) is 0 Å². The molecule has 0 aliphatic heterocycles. The fraction of sp³-hybridized carbons (Fsp3) is 0.297. The normalized spacial score (nSPS) is 13.3. The molecule has 0 saturated heterocycles. The minimum Gasteiger partial charge on any atom is -0.453 e. The summed E-state index contributed by atoms with van der Waals surface area (Å²) < 4.78 is 52.0. The number of halogens is 2. The van der Waals surface area contributed by atoms with Gasteiger partial charge in [-0.3, -0.25) is 24.5 Å². The average Bonchev–Trinajstić information content (AvgIpc) is 3.84. The summed E-state index contributed by atoms with van der Waals surface area (Å²) in [6.07, 6.45) is 3.95. The fourth-order valence-electron chi connectivity index (χ4n) is 5.35. The van der Waals surface area contributed by atoms with Crippen molar-refractivity contribution in [1.82, 2.24) is 15.3 Å². The van der Waals surface area contributed by atoms with Gasteiger partial charge in [0.1, 0.15) is 17.0 Å². The number of primary amides is 1. The van der Waals surface area contributed by atoms with Crippen molar-refractivity contribution in [2.45, 2.75) is 19.4 Å². The van der Waals surface area contributed by atoms with Gasteiger partial charge in [0.05, 0.1) is 59.5 Å². The first kappa shape index (κ1) is 35.9. The summed E-state index contributed by atoms with van der Waals surface area (Å²) in [7, 11) is 1.64. The van der Waals surface area contributed by atoms with Gasteiger partial charge < -0.3 is 30.0 Å². The summed E-state index contributed by atoms with van der Waals surface area (Å²) in [6, 6.07) is 16.7. The number of rotatable bonds is 18. The molecule has 1 fully saturated rings. The molecule has 51 heavy (non-hydrogen) atoms. The van der Waals surface area contributed by atoms with Crippen molar-refractivity contribution >= 4 is 44.7 Å². The van der Waals surface area contributed by atoms with Crippen LogP contribution < -0.4 is 20.7 Å². The topological polar surface area (TPSA) is 138 Å². The number of fused-ring (bicyclic) bond motifs is 1. The highest BCUT2D eigenvalue weighted by Gasteiger charge is 2.57. The van der Waals surface area contributed by atoms with E-state index in [4.69, 9.17) is 24.7 Å². The predicted molar refractivity (Wildman–Crippen MR) is 189 cm³/mol. The van der Waals surface area contributed by atoms with Crippen LogP contribution in [0.5, 0.6) is 11.5 Å². The Morgan fingerprint density at radius 2 is 1.65 bits per heavy atom. The number of nitrogens with zero attached hydrogens (tertiary/aromatic N) is 3. The quantitative estimate of drug-likeness (QED) is 0.0810. The standard InChI is InChI=1S/C37H37F2N5O6S/c1-47-16-17-49-19-18-48-15-14-41-22-24-2-8-29(43-23-24)33-21-30-34(51-33)32(10-13-42-30)50-31-9-7-27(20-28(31)39)44(26-5-3-25(38)4-6-26)36(46)37(11-12-37)35(40)45/h2-10,13,20-21,23,41H,11-12,14-19,22H2,1H3,(H2,40,45). The number of nitrogens with one attached hydrogen (secondary N) is 1. The summed E-state index contributed by atoms with van der Waals surface area (Å²) in [6.45, 7) is 4.07. The molecule has 0 spiro atoms. The lowest BCUT2D eigenvalue weighted by Gasteiger charge is -2.26. The van der Waals surface area contributed by atoms with Crippen LogP contribution in [0.1, 0.15) is 18.4 Å². The molecule has 0 atom stereocenters. The van der Waals surface area contributed by atoms with Gasteiger partial charge in [-0.25, -0.2) is 8.78 Å². The van der Waals surface area contributed by atoms with Crippen molar-refractivity contribution in [3.63, 3.8) is 0 Å². The number of carbonyl (C=O) groups excluding carboxylic acids is 2. The maximum atomic E-state index is 15.7. The molecule has 2 aromatic carbocycles. The Morgan fingerprint density at radius 1 is 0.902 bits per heavy atom. The molecule has 3 N–H and O–H groups in total. The number of nitrogens with two attached hydrogens (primary N) is 1. The first-order valence-corrected chi connectivity index (χ1v) is 17.2. The molecule has 0 bridgehead atoms. The number of carbonyl (C=O) groups is 2. The van der Waals surface area contributed by atoms with Crippen LogP contribution in [0.2, 0.25) is 0 Å². The Bertz CT molecular complexity index is 1970.